The van der Waals surface area contributed by atoms with Gasteiger partial charge in [-0.25, -0.2) is 0 Å². The van der Waals surface area contributed by atoms with Gasteiger partial charge in [-0.3, -0.25) is 14.5 Å². The van der Waals surface area contributed by atoms with Gasteiger partial charge in [-0.1, -0.05) is 22.0 Å². The minimum absolute atomic E-state index is 0.0113. The van der Waals surface area contributed by atoms with Gasteiger partial charge < -0.3 is 10.6 Å². The SMILES string of the molecule is Cc1cc(C)cc(NC(=O)CN2CCC(C(=O)Nc3ccc(Br)cc3)CC2)c1. The molecule has 2 amide bonds. The Hall–Kier alpha value is -2.18. The number of amides is 2. The highest BCUT2D eigenvalue weighted by Gasteiger charge is 2.26. The number of aryl methyl sites for hydroxylation is 2. The summed E-state index contributed by atoms with van der Waals surface area (Å²) >= 11 is 3.39. The van der Waals surface area contributed by atoms with Gasteiger partial charge in [-0.15, -0.1) is 0 Å². The van der Waals surface area contributed by atoms with E-state index in [0.717, 1.165) is 52.9 Å². The van der Waals surface area contributed by atoms with Gasteiger partial charge in [-0.2, -0.15) is 0 Å². The van der Waals surface area contributed by atoms with E-state index in [1.807, 2.05) is 50.2 Å². The van der Waals surface area contributed by atoms with Crippen LogP contribution in [0.4, 0.5) is 11.4 Å². The molecule has 1 aliphatic rings. The van der Waals surface area contributed by atoms with Crippen molar-refractivity contribution in [3.63, 3.8) is 0 Å². The molecule has 28 heavy (non-hydrogen) atoms. The van der Waals surface area contributed by atoms with Crippen LogP contribution in [-0.2, 0) is 9.59 Å². The zero-order valence-electron chi connectivity index (χ0n) is 16.3. The largest absolute Gasteiger partial charge is 0.326 e. The third-order valence-corrected chi connectivity index (χ3v) is 5.47. The molecule has 6 heteroatoms. The van der Waals surface area contributed by atoms with E-state index in [9.17, 15) is 9.59 Å². The Morgan fingerprint density at radius 3 is 2.18 bits per heavy atom. The average Bonchev–Trinajstić information content (AvgIpc) is 2.63. The number of halogens is 1. The van der Waals surface area contributed by atoms with Crippen LogP contribution in [0.2, 0.25) is 0 Å². The molecule has 5 nitrogen and oxygen atoms in total. The smallest absolute Gasteiger partial charge is 0.238 e. The van der Waals surface area contributed by atoms with Crippen LogP contribution in [0.15, 0.2) is 46.9 Å². The fourth-order valence-corrected chi connectivity index (χ4v) is 3.85. The van der Waals surface area contributed by atoms with Gasteiger partial charge in [0.05, 0.1) is 6.54 Å². The Kier molecular flexibility index (Phi) is 6.86. The first-order valence-corrected chi connectivity index (χ1v) is 10.4. The third-order valence-electron chi connectivity index (χ3n) is 4.94. The number of nitrogens with one attached hydrogen (secondary N) is 2. The van der Waals surface area contributed by atoms with Crippen molar-refractivity contribution in [3.05, 3.63) is 58.1 Å². The maximum Gasteiger partial charge on any atom is 0.238 e. The number of carbonyl (C=O) groups is 2. The number of carbonyl (C=O) groups excluding carboxylic acids is 2. The molecule has 1 aliphatic heterocycles. The lowest BCUT2D eigenvalue weighted by atomic mass is 9.96. The number of benzene rings is 2. The number of anilines is 2. The Morgan fingerprint density at radius 2 is 1.57 bits per heavy atom. The number of piperidine rings is 1. The van der Waals surface area contributed by atoms with Crippen LogP contribution >= 0.6 is 15.9 Å². The summed E-state index contributed by atoms with van der Waals surface area (Å²) < 4.78 is 0.984. The first kappa shape index (κ1) is 20.6. The van der Waals surface area contributed by atoms with Crippen LogP contribution in [0.3, 0.4) is 0 Å². The van der Waals surface area contributed by atoms with Gasteiger partial charge in [0.15, 0.2) is 0 Å². The van der Waals surface area contributed by atoms with Gasteiger partial charge in [0.1, 0.15) is 0 Å². The van der Waals surface area contributed by atoms with Gasteiger partial charge in [0.25, 0.3) is 0 Å². The summed E-state index contributed by atoms with van der Waals surface area (Å²) in [6.45, 7) is 5.89. The van der Waals surface area contributed by atoms with Crippen LogP contribution in [-0.4, -0.2) is 36.3 Å². The quantitative estimate of drug-likeness (QED) is 0.721. The van der Waals surface area contributed by atoms with Crippen molar-refractivity contribution in [2.24, 2.45) is 5.92 Å². The van der Waals surface area contributed by atoms with E-state index in [1.54, 1.807) is 0 Å². The van der Waals surface area contributed by atoms with Crippen LogP contribution < -0.4 is 10.6 Å². The van der Waals surface area contributed by atoms with Crippen molar-refractivity contribution in [1.82, 2.24) is 4.90 Å². The highest BCUT2D eigenvalue weighted by atomic mass is 79.9. The second kappa shape index (κ2) is 9.34. The lowest BCUT2D eigenvalue weighted by Gasteiger charge is -2.30. The summed E-state index contributed by atoms with van der Waals surface area (Å²) in [7, 11) is 0. The second-order valence-corrected chi connectivity index (χ2v) is 8.39. The standard InChI is InChI=1S/C22H26BrN3O2/c1-15-11-16(2)13-20(12-15)24-21(27)14-26-9-7-17(8-10-26)22(28)25-19-5-3-18(23)4-6-19/h3-6,11-13,17H,7-10,14H2,1-2H3,(H,24,27)(H,25,28). The molecule has 0 saturated carbocycles. The molecule has 148 valence electrons. The van der Waals surface area contributed by atoms with Crippen molar-refractivity contribution >= 4 is 39.1 Å². The molecule has 0 radical (unpaired) electrons. The summed E-state index contributed by atoms with van der Waals surface area (Å²) in [5.74, 6) is 0.0341. The van der Waals surface area contributed by atoms with Crippen molar-refractivity contribution in [2.75, 3.05) is 30.3 Å². The van der Waals surface area contributed by atoms with E-state index in [4.69, 9.17) is 0 Å². The van der Waals surface area contributed by atoms with Crippen molar-refractivity contribution in [1.29, 1.82) is 0 Å². The Labute approximate surface area is 174 Å². The lowest BCUT2D eigenvalue weighted by molar-refractivity contribution is -0.121. The average molecular weight is 444 g/mol. The van der Waals surface area contributed by atoms with Crippen LogP contribution in [0.25, 0.3) is 0 Å². The van der Waals surface area contributed by atoms with E-state index in [2.05, 4.69) is 37.5 Å². The third kappa shape index (κ3) is 5.91. The van der Waals surface area contributed by atoms with E-state index >= 15 is 0 Å². The molecule has 2 aromatic rings. The van der Waals surface area contributed by atoms with Gasteiger partial charge in [-0.05, 0) is 87.3 Å². The minimum atomic E-state index is -0.0117. The highest BCUT2D eigenvalue weighted by molar-refractivity contribution is 9.10. The maximum absolute atomic E-state index is 12.5. The normalized spacial score (nSPS) is 15.2. The van der Waals surface area contributed by atoms with E-state index in [-0.39, 0.29) is 17.7 Å². The molecule has 0 aliphatic carbocycles. The van der Waals surface area contributed by atoms with Gasteiger partial charge >= 0.3 is 0 Å². The van der Waals surface area contributed by atoms with Crippen LogP contribution in [0.1, 0.15) is 24.0 Å². The second-order valence-electron chi connectivity index (χ2n) is 7.47. The van der Waals surface area contributed by atoms with Gasteiger partial charge in [0, 0.05) is 21.8 Å². The molecule has 1 saturated heterocycles. The zero-order valence-corrected chi connectivity index (χ0v) is 17.9. The van der Waals surface area contributed by atoms with Gasteiger partial charge in [0.2, 0.25) is 11.8 Å². The summed E-state index contributed by atoms with van der Waals surface area (Å²) in [6.07, 6.45) is 1.53. The molecule has 0 bridgehead atoms. The Bertz CT molecular complexity index is 823. The number of likely N-dealkylation sites (tertiary alicyclic amines) is 1. The predicted molar refractivity (Wildman–Crippen MR) is 116 cm³/mol. The summed E-state index contributed by atoms with van der Waals surface area (Å²) in [6, 6.07) is 13.6. The summed E-state index contributed by atoms with van der Waals surface area (Å²) in [5.41, 5.74) is 3.91. The number of hydrogen-bond donors (Lipinski definition) is 2. The number of rotatable bonds is 5. The molecule has 2 aromatic carbocycles. The van der Waals surface area contributed by atoms with E-state index < -0.39 is 0 Å². The molecular formula is C22H26BrN3O2. The highest BCUT2D eigenvalue weighted by Crippen LogP contribution is 2.21. The molecule has 0 unspecified atom stereocenters. The summed E-state index contributed by atoms with van der Waals surface area (Å²) in [5, 5.41) is 5.96. The molecule has 1 fully saturated rings. The zero-order chi connectivity index (χ0) is 20.1. The van der Waals surface area contributed by atoms with E-state index in [0.29, 0.717) is 6.54 Å². The van der Waals surface area contributed by atoms with Crippen LogP contribution in [0.5, 0.6) is 0 Å². The molecule has 1 heterocycles. The predicted octanol–water partition coefficient (Wildman–Crippen LogP) is 4.36. The van der Waals surface area contributed by atoms with Crippen molar-refractivity contribution in [2.45, 2.75) is 26.7 Å². The first-order valence-electron chi connectivity index (χ1n) is 9.56. The lowest BCUT2D eigenvalue weighted by Crippen LogP contribution is -2.41. The van der Waals surface area contributed by atoms with Crippen LogP contribution in [0, 0.1) is 19.8 Å². The fraction of sp³-hybridized carbons (Fsp3) is 0.364. The first-order chi connectivity index (χ1) is 13.4. The van der Waals surface area contributed by atoms with Crippen molar-refractivity contribution < 1.29 is 9.59 Å². The Balaban J connectivity index is 1.45. The monoisotopic (exact) mass is 443 g/mol. The molecule has 0 atom stereocenters. The molecule has 2 N–H and O–H groups in total. The summed E-state index contributed by atoms with van der Waals surface area (Å²) in [4.78, 5) is 26.9. The van der Waals surface area contributed by atoms with Crippen molar-refractivity contribution in [3.8, 4) is 0 Å². The molecule has 0 aromatic heterocycles. The topological polar surface area (TPSA) is 61.4 Å². The molecule has 3 rings (SSSR count). The van der Waals surface area contributed by atoms with E-state index in [1.165, 1.54) is 0 Å². The molecular weight excluding hydrogens is 418 g/mol. The number of nitrogens with zero attached hydrogens (tertiary/aromatic N) is 1. The minimum Gasteiger partial charge on any atom is -0.326 e. The number of hydrogen-bond acceptors (Lipinski definition) is 3. The maximum atomic E-state index is 12.5. The Morgan fingerprint density at radius 1 is 0.964 bits per heavy atom. The molecule has 0 spiro atoms. The fourth-order valence-electron chi connectivity index (χ4n) is 3.58.